The molecule has 0 unspecified atom stereocenters. The van der Waals surface area contributed by atoms with Crippen LogP contribution in [0.25, 0.3) is 0 Å². The molecule has 0 radical (unpaired) electrons. The molecule has 0 heterocycles. The Balaban J connectivity index is 2.25. The predicted octanol–water partition coefficient (Wildman–Crippen LogP) is 3.62. The molecular weight excluding hydrogens is 372 g/mol. The van der Waals surface area contributed by atoms with Crippen LogP contribution in [0.1, 0.15) is 18.1 Å². The first-order chi connectivity index (χ1) is 13.4. The van der Waals surface area contributed by atoms with E-state index in [1.807, 2.05) is 37.3 Å². The summed E-state index contributed by atoms with van der Waals surface area (Å²) in [5.41, 5.74) is 2.49. The highest BCUT2D eigenvalue weighted by Crippen LogP contribution is 2.16. The average Bonchev–Trinajstić information content (AvgIpc) is 2.68. The van der Waals surface area contributed by atoms with Crippen LogP contribution in [-0.4, -0.2) is 38.6 Å². The number of allylic oxidation sites excluding steroid dienone is 1. The van der Waals surface area contributed by atoms with Crippen LogP contribution in [0.15, 0.2) is 76.8 Å². The number of benzene rings is 2. The predicted molar refractivity (Wildman–Crippen MR) is 113 cm³/mol. The molecule has 0 aliphatic rings. The normalized spacial score (nSPS) is 12.1. The Morgan fingerprint density at radius 3 is 2.46 bits per heavy atom. The molecule has 0 bridgehead atoms. The number of nitrogens with zero attached hydrogens (tertiary/aromatic N) is 2. The van der Waals surface area contributed by atoms with Gasteiger partial charge in [0.2, 0.25) is 10.0 Å². The zero-order valence-corrected chi connectivity index (χ0v) is 17.1. The van der Waals surface area contributed by atoms with E-state index in [0.29, 0.717) is 5.71 Å². The zero-order chi connectivity index (χ0) is 20.4. The van der Waals surface area contributed by atoms with Gasteiger partial charge in [-0.1, -0.05) is 59.0 Å². The Bertz CT molecular complexity index is 984. The molecular formula is C22H24N2O3S. The van der Waals surface area contributed by atoms with Crippen LogP contribution in [0.3, 0.4) is 0 Å². The molecule has 28 heavy (non-hydrogen) atoms. The highest BCUT2D eigenvalue weighted by Gasteiger charge is 2.22. The smallest absolute Gasteiger partial charge is 0.244 e. The lowest BCUT2D eigenvalue weighted by Gasteiger charge is -2.18. The standard InChI is InChI=1S/C22H24N2O3S/c1-19-13-15-22(16-14-19)28(25,26)24(17-7-9-20(2)23-27-3)18-8-12-21-10-5-4-6-11-21/h4-7,9-11,13-16H,17-18H2,1-3H3/b9-7+,23-20+. The van der Waals surface area contributed by atoms with Gasteiger partial charge in [0.15, 0.2) is 0 Å². The molecule has 5 nitrogen and oxygen atoms in total. The summed E-state index contributed by atoms with van der Waals surface area (Å²) in [6, 6.07) is 16.3. The van der Waals surface area contributed by atoms with Crippen molar-refractivity contribution >= 4 is 15.7 Å². The van der Waals surface area contributed by atoms with Crippen molar-refractivity contribution in [2.45, 2.75) is 18.7 Å². The maximum Gasteiger partial charge on any atom is 0.244 e. The van der Waals surface area contributed by atoms with Gasteiger partial charge in [0.1, 0.15) is 7.11 Å². The summed E-state index contributed by atoms with van der Waals surface area (Å²) in [4.78, 5) is 4.95. The Labute approximate surface area is 167 Å². The van der Waals surface area contributed by atoms with Gasteiger partial charge in [-0.2, -0.15) is 4.31 Å². The van der Waals surface area contributed by atoms with Gasteiger partial charge in [-0.05, 0) is 44.2 Å². The van der Waals surface area contributed by atoms with E-state index in [1.165, 1.54) is 11.4 Å². The van der Waals surface area contributed by atoms with E-state index in [9.17, 15) is 8.42 Å². The largest absolute Gasteiger partial charge is 0.399 e. The molecule has 0 aliphatic carbocycles. The number of hydrogen-bond acceptors (Lipinski definition) is 4. The number of oxime groups is 1. The molecule has 0 amide bonds. The second-order valence-corrected chi connectivity index (χ2v) is 8.03. The van der Waals surface area contributed by atoms with Crippen LogP contribution in [0, 0.1) is 18.8 Å². The van der Waals surface area contributed by atoms with Crippen molar-refractivity contribution in [2.24, 2.45) is 5.16 Å². The number of hydrogen-bond donors (Lipinski definition) is 0. The molecule has 0 atom stereocenters. The van der Waals surface area contributed by atoms with E-state index in [0.717, 1.165) is 11.1 Å². The number of rotatable bonds is 7. The molecule has 2 rings (SSSR count). The third-order valence-corrected chi connectivity index (χ3v) is 5.65. The first-order valence-electron chi connectivity index (χ1n) is 8.78. The van der Waals surface area contributed by atoms with Gasteiger partial charge in [-0.25, -0.2) is 8.42 Å². The minimum Gasteiger partial charge on any atom is -0.399 e. The summed E-state index contributed by atoms with van der Waals surface area (Å²) in [7, 11) is -2.21. The van der Waals surface area contributed by atoms with Crippen LogP contribution in [0.2, 0.25) is 0 Å². The van der Waals surface area contributed by atoms with Gasteiger partial charge in [-0.15, -0.1) is 0 Å². The van der Waals surface area contributed by atoms with Crippen molar-refractivity contribution in [3.05, 3.63) is 77.9 Å². The van der Waals surface area contributed by atoms with Crippen molar-refractivity contribution in [3.63, 3.8) is 0 Å². The summed E-state index contributed by atoms with van der Waals surface area (Å²) in [6.45, 7) is 3.94. The summed E-state index contributed by atoms with van der Waals surface area (Å²) >= 11 is 0. The molecule has 146 valence electrons. The van der Waals surface area contributed by atoms with Crippen molar-refractivity contribution in [1.82, 2.24) is 4.31 Å². The second-order valence-electron chi connectivity index (χ2n) is 6.10. The number of aryl methyl sites for hydroxylation is 1. The fourth-order valence-electron chi connectivity index (χ4n) is 2.37. The Kier molecular flexibility index (Phi) is 8.00. The first kappa shape index (κ1) is 21.4. The SMILES string of the molecule is CO/N=C(C)/C=C/CN(CC#Cc1ccccc1)S(=O)(=O)c1ccc(C)cc1. The van der Waals surface area contributed by atoms with Gasteiger partial charge in [-0.3, -0.25) is 0 Å². The summed E-state index contributed by atoms with van der Waals surface area (Å²) in [5.74, 6) is 5.96. The Morgan fingerprint density at radius 1 is 1.14 bits per heavy atom. The van der Waals surface area contributed by atoms with Crippen molar-refractivity contribution < 1.29 is 13.3 Å². The van der Waals surface area contributed by atoms with E-state index in [2.05, 4.69) is 17.0 Å². The minimum absolute atomic E-state index is 0.0793. The molecule has 2 aromatic rings. The van der Waals surface area contributed by atoms with Crippen molar-refractivity contribution in [2.75, 3.05) is 20.2 Å². The van der Waals surface area contributed by atoms with E-state index >= 15 is 0 Å². The van der Waals surface area contributed by atoms with E-state index < -0.39 is 10.0 Å². The van der Waals surface area contributed by atoms with E-state index in [4.69, 9.17) is 4.84 Å². The van der Waals surface area contributed by atoms with Gasteiger partial charge >= 0.3 is 0 Å². The van der Waals surface area contributed by atoms with Gasteiger partial charge < -0.3 is 4.84 Å². The number of sulfonamides is 1. The minimum atomic E-state index is -3.67. The highest BCUT2D eigenvalue weighted by atomic mass is 32.2. The average molecular weight is 397 g/mol. The lowest BCUT2D eigenvalue weighted by Crippen LogP contribution is -2.31. The second kappa shape index (κ2) is 10.5. The topological polar surface area (TPSA) is 59.0 Å². The van der Waals surface area contributed by atoms with E-state index in [-0.39, 0.29) is 18.0 Å². The maximum absolute atomic E-state index is 13.1. The molecule has 0 saturated carbocycles. The molecule has 0 saturated heterocycles. The fraction of sp³-hybridized carbons (Fsp3) is 0.227. The van der Waals surface area contributed by atoms with Crippen molar-refractivity contribution in [3.8, 4) is 11.8 Å². The summed E-state index contributed by atoms with van der Waals surface area (Å²) in [6.07, 6.45) is 3.44. The quantitative estimate of drug-likeness (QED) is 0.408. The van der Waals surface area contributed by atoms with Crippen molar-refractivity contribution in [1.29, 1.82) is 0 Å². The Hall–Kier alpha value is -2.88. The van der Waals surface area contributed by atoms with Gasteiger partial charge in [0.05, 0.1) is 17.2 Å². The van der Waals surface area contributed by atoms with Crippen LogP contribution >= 0.6 is 0 Å². The lowest BCUT2D eigenvalue weighted by atomic mass is 10.2. The molecule has 2 aromatic carbocycles. The summed E-state index contributed by atoms with van der Waals surface area (Å²) < 4.78 is 27.5. The molecule has 0 aliphatic heterocycles. The molecule has 6 heteroatoms. The fourth-order valence-corrected chi connectivity index (χ4v) is 3.67. The Morgan fingerprint density at radius 2 is 1.82 bits per heavy atom. The van der Waals surface area contributed by atoms with Crippen LogP contribution in [-0.2, 0) is 14.9 Å². The van der Waals surface area contributed by atoms with E-state index in [1.54, 1.807) is 43.3 Å². The molecule has 0 spiro atoms. The molecule has 0 fully saturated rings. The van der Waals surface area contributed by atoms with Crippen LogP contribution in [0.5, 0.6) is 0 Å². The lowest BCUT2D eigenvalue weighted by molar-refractivity contribution is 0.213. The third kappa shape index (κ3) is 6.38. The zero-order valence-electron chi connectivity index (χ0n) is 16.3. The van der Waals surface area contributed by atoms with Gasteiger partial charge in [0.25, 0.3) is 0 Å². The maximum atomic E-state index is 13.1. The van der Waals surface area contributed by atoms with Crippen LogP contribution < -0.4 is 0 Å². The third-order valence-electron chi connectivity index (χ3n) is 3.82. The van der Waals surface area contributed by atoms with Gasteiger partial charge in [0, 0.05) is 12.1 Å². The molecule has 0 N–H and O–H groups in total. The first-order valence-corrected chi connectivity index (χ1v) is 10.2. The monoisotopic (exact) mass is 396 g/mol. The van der Waals surface area contributed by atoms with Crippen LogP contribution in [0.4, 0.5) is 0 Å². The summed E-state index contributed by atoms with van der Waals surface area (Å²) in [5, 5.41) is 3.79. The molecule has 0 aromatic heterocycles. The highest BCUT2D eigenvalue weighted by molar-refractivity contribution is 7.89.